The standard InChI is InChI=1S/C7H6NO4S/c9-7(12-13(10)11)8-6-4-2-1-3-5-6/h2-5,13H,(H,8,9). The number of carbonyl (C=O) groups is 1. The fraction of sp³-hybridized carbons (Fsp3) is 0. The lowest BCUT2D eigenvalue weighted by molar-refractivity contribution is 0.219. The van der Waals surface area contributed by atoms with Gasteiger partial charge in [0.05, 0.1) is 0 Å². The molecule has 0 spiro atoms. The minimum atomic E-state index is -3.16. The molecule has 0 aliphatic heterocycles. The van der Waals surface area contributed by atoms with Crippen molar-refractivity contribution in [1.29, 1.82) is 0 Å². The number of hydrogen-bond acceptors (Lipinski definition) is 4. The fourth-order valence-corrected chi connectivity index (χ4v) is 0.860. The van der Waals surface area contributed by atoms with Gasteiger partial charge in [-0.25, -0.2) is 4.79 Å². The Morgan fingerprint density at radius 2 is 2.00 bits per heavy atom. The van der Waals surface area contributed by atoms with Gasteiger partial charge in [-0.15, -0.1) is 0 Å². The van der Waals surface area contributed by atoms with Gasteiger partial charge in [0.1, 0.15) is 0 Å². The van der Waals surface area contributed by atoms with Crippen LogP contribution in [0.5, 0.6) is 0 Å². The summed E-state index contributed by atoms with van der Waals surface area (Å²) in [5.41, 5.74) is 0.445. The van der Waals surface area contributed by atoms with Gasteiger partial charge >= 0.3 is 17.1 Å². The quantitative estimate of drug-likeness (QED) is 0.684. The summed E-state index contributed by atoms with van der Waals surface area (Å²) in [6.45, 7) is 0. The topological polar surface area (TPSA) is 72.5 Å². The second-order valence-corrected chi connectivity index (χ2v) is 2.65. The second-order valence-electron chi connectivity index (χ2n) is 2.02. The van der Waals surface area contributed by atoms with Gasteiger partial charge in [-0.05, 0) is 18.2 Å². The molecule has 1 radical (unpaired) electrons. The largest absolute Gasteiger partial charge is 0.427 e. The highest BCUT2D eigenvalue weighted by atomic mass is 32.2. The van der Waals surface area contributed by atoms with Gasteiger partial charge in [0, 0.05) is 5.69 Å². The van der Waals surface area contributed by atoms with Gasteiger partial charge in [0.2, 0.25) is 0 Å². The zero-order chi connectivity index (χ0) is 9.68. The van der Waals surface area contributed by atoms with Crippen LogP contribution in [0.2, 0.25) is 0 Å². The first-order chi connectivity index (χ1) is 6.18. The number of hydrogen-bond donors (Lipinski definition) is 2. The van der Waals surface area contributed by atoms with E-state index >= 15 is 0 Å². The van der Waals surface area contributed by atoms with Gasteiger partial charge in [0.15, 0.2) is 0 Å². The molecule has 0 aromatic heterocycles. The number of rotatable bonds is 2. The lowest BCUT2D eigenvalue weighted by atomic mass is 10.3. The molecular weight excluding hydrogens is 194 g/mol. The van der Waals surface area contributed by atoms with Crippen LogP contribution in [0.1, 0.15) is 0 Å². The van der Waals surface area contributed by atoms with Crippen molar-refractivity contribution in [3.63, 3.8) is 0 Å². The lowest BCUT2D eigenvalue weighted by Crippen LogP contribution is -2.12. The maximum atomic E-state index is 10.7. The molecule has 5 nitrogen and oxygen atoms in total. The molecular formula is C7H6NO4S. The van der Waals surface area contributed by atoms with E-state index in [1.807, 2.05) is 0 Å². The van der Waals surface area contributed by atoms with Crippen LogP contribution in [0.3, 0.4) is 0 Å². The van der Waals surface area contributed by atoms with Crippen LogP contribution in [0.15, 0.2) is 24.3 Å². The van der Waals surface area contributed by atoms with Gasteiger partial charge in [-0.1, -0.05) is 12.1 Å². The zero-order valence-corrected chi connectivity index (χ0v) is 7.28. The van der Waals surface area contributed by atoms with E-state index in [0.717, 1.165) is 0 Å². The van der Waals surface area contributed by atoms with Crippen molar-refractivity contribution in [3.8, 4) is 0 Å². The zero-order valence-electron chi connectivity index (χ0n) is 6.39. The Morgan fingerprint density at radius 1 is 1.38 bits per heavy atom. The summed E-state index contributed by atoms with van der Waals surface area (Å²) in [4.78, 5) is 10.7. The first-order valence-corrected chi connectivity index (χ1v) is 4.37. The lowest BCUT2D eigenvalue weighted by Gasteiger charge is -2.00. The average molecular weight is 200 g/mol. The third kappa shape index (κ3) is 3.57. The van der Waals surface area contributed by atoms with E-state index in [1.165, 1.54) is 0 Å². The molecule has 0 aliphatic carbocycles. The summed E-state index contributed by atoms with van der Waals surface area (Å²) in [5, 5.41) is 2.21. The third-order valence-electron chi connectivity index (χ3n) is 1.12. The molecule has 0 fully saturated rings. The van der Waals surface area contributed by atoms with E-state index in [4.69, 9.17) is 0 Å². The number of benzene rings is 1. The predicted molar refractivity (Wildman–Crippen MR) is 45.7 cm³/mol. The van der Waals surface area contributed by atoms with Crippen LogP contribution in [0.25, 0.3) is 0 Å². The van der Waals surface area contributed by atoms with Crippen molar-refractivity contribution in [2.24, 2.45) is 0 Å². The Hall–Kier alpha value is -1.56. The smallest absolute Gasteiger partial charge is 0.330 e. The van der Waals surface area contributed by atoms with E-state index in [0.29, 0.717) is 5.69 Å². The second kappa shape index (κ2) is 4.46. The number of thiol groups is 1. The fourth-order valence-electron chi connectivity index (χ4n) is 0.679. The third-order valence-corrected chi connectivity index (χ3v) is 1.44. The van der Waals surface area contributed by atoms with Crippen molar-refractivity contribution < 1.29 is 17.4 Å². The minimum absolute atomic E-state index is 0.445. The number of anilines is 1. The van der Waals surface area contributed by atoms with Gasteiger partial charge < -0.3 is 4.18 Å². The minimum Gasteiger partial charge on any atom is -0.330 e. The van der Waals surface area contributed by atoms with E-state index < -0.39 is 17.1 Å². The van der Waals surface area contributed by atoms with E-state index in [2.05, 4.69) is 15.6 Å². The van der Waals surface area contributed by atoms with Crippen molar-refractivity contribution >= 4 is 22.8 Å². The van der Waals surface area contributed by atoms with Crippen molar-refractivity contribution in [3.05, 3.63) is 30.3 Å². The summed E-state index contributed by atoms with van der Waals surface area (Å²) >= 11 is 0. The Balaban J connectivity index is 2.55. The first kappa shape index (κ1) is 9.53. The van der Waals surface area contributed by atoms with Crippen LogP contribution < -0.4 is 5.32 Å². The van der Waals surface area contributed by atoms with Gasteiger partial charge in [-0.3, -0.25) is 5.32 Å². The Bertz CT molecular complexity index is 352. The maximum Gasteiger partial charge on any atom is 0.427 e. The van der Waals surface area contributed by atoms with E-state index in [9.17, 15) is 13.2 Å². The molecule has 0 saturated heterocycles. The normalized spacial score (nSPS) is 9.62. The van der Waals surface area contributed by atoms with Crippen LogP contribution >= 0.6 is 0 Å². The summed E-state index contributed by atoms with van der Waals surface area (Å²) in [6, 6.07) is 9.00. The highest BCUT2D eigenvalue weighted by Crippen LogP contribution is 2.04. The summed E-state index contributed by atoms with van der Waals surface area (Å²) in [5.74, 6) is 0. The molecule has 1 rings (SSSR count). The number of amides is 1. The summed E-state index contributed by atoms with van der Waals surface area (Å²) in [7, 11) is -3.16. The summed E-state index contributed by atoms with van der Waals surface area (Å²) < 4.78 is 23.7. The molecule has 1 aromatic carbocycles. The molecule has 0 aliphatic rings. The highest BCUT2D eigenvalue weighted by Gasteiger charge is 2.02. The molecule has 69 valence electrons. The van der Waals surface area contributed by atoms with Gasteiger partial charge in [-0.2, -0.15) is 8.42 Å². The van der Waals surface area contributed by atoms with Crippen LogP contribution in [0, 0.1) is 6.07 Å². The van der Waals surface area contributed by atoms with E-state index in [-0.39, 0.29) is 0 Å². The van der Waals surface area contributed by atoms with Gasteiger partial charge in [0.25, 0.3) is 0 Å². The Kier molecular flexibility index (Phi) is 3.27. The van der Waals surface area contributed by atoms with Crippen LogP contribution in [-0.4, -0.2) is 14.5 Å². The monoisotopic (exact) mass is 200 g/mol. The van der Waals surface area contributed by atoms with Crippen LogP contribution in [-0.2, 0) is 15.2 Å². The molecule has 1 amide bonds. The van der Waals surface area contributed by atoms with Crippen molar-refractivity contribution in [2.75, 3.05) is 5.32 Å². The maximum absolute atomic E-state index is 10.7. The van der Waals surface area contributed by atoms with Crippen molar-refractivity contribution in [1.82, 2.24) is 0 Å². The number of carbonyl (C=O) groups excluding carboxylic acids is 1. The molecule has 0 heterocycles. The molecule has 1 N–H and O–H groups in total. The highest BCUT2D eigenvalue weighted by molar-refractivity contribution is 7.67. The SMILES string of the molecule is O=C(Nc1cc[c]cc1)O[SH](=O)=O. The molecule has 13 heavy (non-hydrogen) atoms. The Morgan fingerprint density at radius 3 is 2.54 bits per heavy atom. The molecule has 0 saturated carbocycles. The first-order valence-electron chi connectivity index (χ1n) is 3.28. The average Bonchev–Trinajstić information content (AvgIpc) is 2.04. The molecule has 1 aromatic rings. The van der Waals surface area contributed by atoms with Crippen molar-refractivity contribution in [2.45, 2.75) is 0 Å². The predicted octanol–water partition coefficient (Wildman–Crippen LogP) is 0.562. The van der Waals surface area contributed by atoms with Crippen LogP contribution in [0.4, 0.5) is 10.5 Å². The molecule has 0 bridgehead atoms. The molecule has 6 heteroatoms. The Labute approximate surface area is 76.5 Å². The van der Waals surface area contributed by atoms with E-state index in [1.54, 1.807) is 24.3 Å². The number of nitrogens with one attached hydrogen (secondary N) is 1. The summed E-state index contributed by atoms with van der Waals surface area (Å²) in [6.07, 6.45) is -1.03. The molecule has 0 atom stereocenters. The molecule has 0 unspecified atom stereocenters.